The van der Waals surface area contributed by atoms with E-state index >= 15 is 0 Å². The minimum absolute atomic E-state index is 0.0435. The van der Waals surface area contributed by atoms with Crippen LogP contribution >= 0.6 is 0 Å². The summed E-state index contributed by atoms with van der Waals surface area (Å²) < 4.78 is 0. The summed E-state index contributed by atoms with van der Waals surface area (Å²) in [6.45, 7) is 4.93. The predicted molar refractivity (Wildman–Crippen MR) is 112 cm³/mol. The SMILES string of the molecule is Cc1ccc(CNc2cccnc2NC(CO)Cc2ccc(C)cc2)cc1. The van der Waals surface area contributed by atoms with Gasteiger partial charge < -0.3 is 15.7 Å². The van der Waals surface area contributed by atoms with Gasteiger partial charge in [0.25, 0.3) is 0 Å². The third kappa shape index (κ3) is 5.56. The normalized spacial score (nSPS) is 11.8. The average Bonchev–Trinajstić information content (AvgIpc) is 2.69. The minimum atomic E-state index is -0.0949. The molecule has 0 amide bonds. The Kier molecular flexibility index (Phi) is 6.44. The number of nitrogens with one attached hydrogen (secondary N) is 2. The van der Waals surface area contributed by atoms with E-state index in [1.54, 1.807) is 6.20 Å². The van der Waals surface area contributed by atoms with Crippen molar-refractivity contribution in [3.63, 3.8) is 0 Å². The van der Waals surface area contributed by atoms with Crippen molar-refractivity contribution in [2.24, 2.45) is 0 Å². The number of hydrogen-bond acceptors (Lipinski definition) is 4. The molecule has 1 unspecified atom stereocenters. The summed E-state index contributed by atoms with van der Waals surface area (Å²) in [5.74, 6) is 0.760. The van der Waals surface area contributed by atoms with Crippen molar-refractivity contribution in [3.8, 4) is 0 Å². The maximum absolute atomic E-state index is 9.82. The Labute approximate surface area is 161 Å². The van der Waals surface area contributed by atoms with E-state index in [-0.39, 0.29) is 12.6 Å². The van der Waals surface area contributed by atoms with Gasteiger partial charge in [0.05, 0.1) is 18.3 Å². The second-order valence-electron chi connectivity index (χ2n) is 6.95. The van der Waals surface area contributed by atoms with Crippen molar-refractivity contribution in [3.05, 3.63) is 89.1 Å². The van der Waals surface area contributed by atoms with E-state index in [4.69, 9.17) is 0 Å². The third-order valence-corrected chi connectivity index (χ3v) is 4.58. The highest BCUT2D eigenvalue weighted by atomic mass is 16.3. The van der Waals surface area contributed by atoms with Crippen LogP contribution in [0.3, 0.4) is 0 Å². The highest BCUT2D eigenvalue weighted by Gasteiger charge is 2.12. The van der Waals surface area contributed by atoms with Crippen LogP contribution in [0.2, 0.25) is 0 Å². The molecule has 0 saturated carbocycles. The van der Waals surface area contributed by atoms with Crippen molar-refractivity contribution >= 4 is 11.5 Å². The van der Waals surface area contributed by atoms with E-state index in [2.05, 4.69) is 78.0 Å². The number of benzene rings is 2. The van der Waals surface area contributed by atoms with Crippen LogP contribution in [0.15, 0.2) is 66.9 Å². The van der Waals surface area contributed by atoms with Crippen LogP contribution < -0.4 is 10.6 Å². The Hall–Kier alpha value is -2.85. The summed E-state index contributed by atoms with van der Waals surface area (Å²) in [6.07, 6.45) is 2.50. The molecular weight excluding hydrogens is 334 g/mol. The quantitative estimate of drug-likeness (QED) is 0.559. The Morgan fingerprint density at radius 2 is 1.52 bits per heavy atom. The maximum atomic E-state index is 9.82. The van der Waals surface area contributed by atoms with E-state index in [9.17, 15) is 5.11 Å². The van der Waals surface area contributed by atoms with E-state index in [1.807, 2.05) is 12.1 Å². The summed E-state index contributed by atoms with van der Waals surface area (Å²) in [5.41, 5.74) is 5.83. The zero-order valence-corrected chi connectivity index (χ0v) is 15.9. The molecule has 4 nitrogen and oxygen atoms in total. The third-order valence-electron chi connectivity index (χ3n) is 4.58. The second-order valence-corrected chi connectivity index (χ2v) is 6.95. The predicted octanol–water partition coefficient (Wildman–Crippen LogP) is 4.33. The maximum Gasteiger partial charge on any atom is 0.149 e. The Morgan fingerprint density at radius 3 is 2.15 bits per heavy atom. The van der Waals surface area contributed by atoms with Crippen LogP contribution in [0, 0.1) is 13.8 Å². The standard InChI is InChI=1S/C23H27N3O/c1-17-5-9-19(10-6-17)14-21(16-27)26-23-22(4-3-13-24-23)25-15-20-11-7-18(2)8-12-20/h3-13,21,25,27H,14-16H2,1-2H3,(H,24,26). The fourth-order valence-electron chi connectivity index (χ4n) is 2.93. The van der Waals surface area contributed by atoms with Crippen LogP contribution in [-0.2, 0) is 13.0 Å². The molecule has 1 atom stereocenters. The second kappa shape index (κ2) is 9.19. The van der Waals surface area contributed by atoms with E-state index in [0.717, 1.165) is 24.5 Å². The number of hydrogen-bond donors (Lipinski definition) is 3. The van der Waals surface area contributed by atoms with Crippen molar-refractivity contribution in [2.45, 2.75) is 32.9 Å². The summed E-state index contributed by atoms with van der Waals surface area (Å²) in [6, 6.07) is 20.7. The van der Waals surface area contributed by atoms with Gasteiger partial charge in [-0.25, -0.2) is 4.98 Å². The van der Waals surface area contributed by atoms with Gasteiger partial charge in [0.1, 0.15) is 5.82 Å². The molecule has 1 aromatic heterocycles. The lowest BCUT2D eigenvalue weighted by Crippen LogP contribution is -2.27. The van der Waals surface area contributed by atoms with Crippen LogP contribution in [-0.4, -0.2) is 22.7 Å². The fourth-order valence-corrected chi connectivity index (χ4v) is 2.93. The van der Waals surface area contributed by atoms with Gasteiger partial charge >= 0.3 is 0 Å². The molecule has 0 spiro atoms. The molecule has 27 heavy (non-hydrogen) atoms. The lowest BCUT2D eigenvalue weighted by atomic mass is 10.0. The first-order chi connectivity index (χ1) is 13.1. The van der Waals surface area contributed by atoms with Crippen LogP contribution in [0.5, 0.6) is 0 Å². The van der Waals surface area contributed by atoms with Crippen molar-refractivity contribution in [2.75, 3.05) is 17.2 Å². The first-order valence-electron chi connectivity index (χ1n) is 9.31. The summed E-state index contributed by atoms with van der Waals surface area (Å²) in [5, 5.41) is 16.6. The summed E-state index contributed by atoms with van der Waals surface area (Å²) in [4.78, 5) is 4.46. The van der Waals surface area contributed by atoms with Crippen LogP contribution in [0.1, 0.15) is 22.3 Å². The molecule has 3 rings (SSSR count). The van der Waals surface area contributed by atoms with Crippen molar-refractivity contribution < 1.29 is 5.11 Å². The molecule has 0 aliphatic carbocycles. The lowest BCUT2D eigenvalue weighted by molar-refractivity contribution is 0.273. The van der Waals surface area contributed by atoms with Gasteiger partial charge in [-0.15, -0.1) is 0 Å². The molecule has 0 aliphatic heterocycles. The number of rotatable bonds is 8. The number of aromatic nitrogens is 1. The average molecular weight is 361 g/mol. The number of aliphatic hydroxyl groups is 1. The van der Waals surface area contributed by atoms with Gasteiger partial charge in [0.15, 0.2) is 0 Å². The Balaban J connectivity index is 1.66. The van der Waals surface area contributed by atoms with Gasteiger partial charge in [-0.1, -0.05) is 59.7 Å². The number of nitrogens with zero attached hydrogens (tertiary/aromatic N) is 1. The van der Waals surface area contributed by atoms with E-state index in [0.29, 0.717) is 0 Å². The number of aryl methyl sites for hydroxylation is 2. The molecular formula is C23H27N3O. The molecule has 0 aliphatic rings. The molecule has 0 saturated heterocycles. The van der Waals surface area contributed by atoms with Gasteiger partial charge in [0.2, 0.25) is 0 Å². The van der Waals surface area contributed by atoms with Crippen LogP contribution in [0.25, 0.3) is 0 Å². The minimum Gasteiger partial charge on any atom is -0.394 e. The van der Waals surface area contributed by atoms with Gasteiger partial charge in [0, 0.05) is 12.7 Å². The fraction of sp³-hybridized carbons (Fsp3) is 0.261. The number of pyridine rings is 1. The van der Waals surface area contributed by atoms with Gasteiger partial charge in [-0.3, -0.25) is 0 Å². The zero-order chi connectivity index (χ0) is 19.1. The van der Waals surface area contributed by atoms with Gasteiger partial charge in [-0.2, -0.15) is 0 Å². The van der Waals surface area contributed by atoms with Crippen LogP contribution in [0.4, 0.5) is 11.5 Å². The number of aliphatic hydroxyl groups excluding tert-OH is 1. The molecule has 4 heteroatoms. The van der Waals surface area contributed by atoms with E-state index in [1.165, 1.54) is 22.3 Å². The molecule has 0 bridgehead atoms. The zero-order valence-electron chi connectivity index (χ0n) is 15.9. The molecule has 3 aromatic rings. The molecule has 0 radical (unpaired) electrons. The smallest absolute Gasteiger partial charge is 0.149 e. The first-order valence-corrected chi connectivity index (χ1v) is 9.31. The Morgan fingerprint density at radius 1 is 0.889 bits per heavy atom. The Bertz CT molecular complexity index is 844. The van der Waals surface area contributed by atoms with Crippen molar-refractivity contribution in [1.82, 2.24) is 4.98 Å². The molecule has 140 valence electrons. The topological polar surface area (TPSA) is 57.2 Å². The molecule has 2 aromatic carbocycles. The monoisotopic (exact) mass is 361 g/mol. The summed E-state index contributed by atoms with van der Waals surface area (Å²) in [7, 11) is 0. The molecule has 1 heterocycles. The largest absolute Gasteiger partial charge is 0.394 e. The first kappa shape index (κ1) is 18.9. The van der Waals surface area contributed by atoms with Crippen molar-refractivity contribution in [1.29, 1.82) is 0 Å². The molecule has 3 N–H and O–H groups in total. The molecule has 0 fully saturated rings. The highest BCUT2D eigenvalue weighted by molar-refractivity contribution is 5.64. The van der Waals surface area contributed by atoms with Gasteiger partial charge in [-0.05, 0) is 43.5 Å². The number of anilines is 2. The van der Waals surface area contributed by atoms with E-state index < -0.39 is 0 Å². The lowest BCUT2D eigenvalue weighted by Gasteiger charge is -2.20. The summed E-state index contributed by atoms with van der Waals surface area (Å²) >= 11 is 0. The highest BCUT2D eigenvalue weighted by Crippen LogP contribution is 2.21.